The molecule has 6 nitrogen and oxygen atoms in total. The number of amides is 2. The van der Waals surface area contributed by atoms with E-state index in [1.54, 1.807) is 17.0 Å². The third-order valence-corrected chi connectivity index (χ3v) is 8.53. The largest absolute Gasteiger partial charge is 0.485 e. The molecule has 0 spiro atoms. The predicted molar refractivity (Wildman–Crippen MR) is 157 cm³/mol. The normalized spacial score (nSPS) is 21.0. The van der Waals surface area contributed by atoms with E-state index < -0.39 is 5.72 Å². The van der Waals surface area contributed by atoms with Crippen LogP contribution in [-0.4, -0.2) is 23.6 Å². The first-order chi connectivity index (χ1) is 20.0. The van der Waals surface area contributed by atoms with E-state index in [1.807, 2.05) is 79.7 Å². The highest BCUT2D eigenvalue weighted by Gasteiger charge is 2.50. The first-order valence-electron chi connectivity index (χ1n) is 14.3. The van der Waals surface area contributed by atoms with Crippen molar-refractivity contribution in [1.29, 1.82) is 0 Å². The molecule has 41 heavy (non-hydrogen) atoms. The third-order valence-electron chi connectivity index (χ3n) is 8.53. The van der Waals surface area contributed by atoms with Gasteiger partial charge in [-0.3, -0.25) is 14.5 Å². The van der Waals surface area contributed by atoms with Crippen molar-refractivity contribution >= 4 is 17.5 Å². The first-order valence-corrected chi connectivity index (χ1v) is 14.3. The number of hydrogen-bond acceptors (Lipinski definition) is 4. The molecular weight excluding hydrogens is 512 g/mol. The summed E-state index contributed by atoms with van der Waals surface area (Å²) in [7, 11) is 0. The van der Waals surface area contributed by atoms with E-state index >= 15 is 0 Å². The fraction of sp³-hybridized carbons (Fsp3) is 0.257. The maximum Gasteiger partial charge on any atom is 0.251 e. The number of benzene rings is 4. The van der Waals surface area contributed by atoms with Gasteiger partial charge in [-0.1, -0.05) is 72.8 Å². The molecule has 0 aromatic heterocycles. The fourth-order valence-corrected chi connectivity index (χ4v) is 6.66. The molecule has 2 heterocycles. The lowest BCUT2D eigenvalue weighted by molar-refractivity contribution is -0.127. The van der Waals surface area contributed by atoms with Crippen molar-refractivity contribution in [2.45, 2.75) is 56.9 Å². The van der Waals surface area contributed by atoms with Gasteiger partial charge in [0.1, 0.15) is 6.61 Å². The van der Waals surface area contributed by atoms with E-state index in [0.29, 0.717) is 42.2 Å². The second kappa shape index (κ2) is 10.1. The van der Waals surface area contributed by atoms with Gasteiger partial charge >= 0.3 is 0 Å². The number of ether oxygens (including phenoxy) is 2. The summed E-state index contributed by atoms with van der Waals surface area (Å²) in [6.07, 6.45) is 2.68. The first kappa shape index (κ1) is 25.4. The van der Waals surface area contributed by atoms with Crippen molar-refractivity contribution < 1.29 is 19.1 Å². The molecular formula is C35H32N2O4. The van der Waals surface area contributed by atoms with Crippen LogP contribution in [0.4, 0.5) is 5.69 Å². The minimum atomic E-state index is -0.915. The molecule has 206 valence electrons. The van der Waals surface area contributed by atoms with Crippen LogP contribution in [0.25, 0.3) is 0 Å². The third kappa shape index (κ3) is 4.73. The van der Waals surface area contributed by atoms with E-state index in [2.05, 4.69) is 17.4 Å². The number of carbonyl (C=O) groups is 2. The monoisotopic (exact) mass is 544 g/mol. The van der Waals surface area contributed by atoms with Crippen molar-refractivity contribution in [1.82, 2.24) is 5.32 Å². The number of carbonyl (C=O) groups excluding carboxylic acids is 2. The van der Waals surface area contributed by atoms with E-state index in [1.165, 1.54) is 11.1 Å². The highest BCUT2D eigenvalue weighted by Crippen LogP contribution is 2.52. The van der Waals surface area contributed by atoms with Gasteiger partial charge in [-0.05, 0) is 60.7 Å². The van der Waals surface area contributed by atoms with Crippen LogP contribution in [0, 0.1) is 0 Å². The lowest BCUT2D eigenvalue weighted by Gasteiger charge is -2.50. The standard InChI is InChI=1S/C35H32N2O4/c1-35-21-27(30-15-8-16-31(33(30)41-35)40-22-23-9-3-2-4-10-23)20-32(38)37(35)29-14-7-13-26(19-29)34(39)36-28-17-24-11-5-6-12-25(24)18-28/h2-16,19,27-28H,17-18,20-22H2,1H3,(H,36,39). The SMILES string of the molecule is CC12CC(CC(=O)N1c1cccc(C(=O)NC3Cc4ccccc4C3)c1)c1cccc(OCc3ccccc3)c1O2. The summed E-state index contributed by atoms with van der Waals surface area (Å²) in [5.74, 6) is 1.23. The lowest BCUT2D eigenvalue weighted by Crippen LogP contribution is -2.60. The second-order valence-corrected chi connectivity index (χ2v) is 11.5. The number of rotatable bonds is 6. The van der Waals surface area contributed by atoms with Crippen LogP contribution in [0.1, 0.15) is 58.3 Å². The van der Waals surface area contributed by atoms with Crippen molar-refractivity contribution in [3.63, 3.8) is 0 Å². The number of fused-ring (bicyclic) bond motifs is 5. The molecule has 2 atom stereocenters. The van der Waals surface area contributed by atoms with Crippen LogP contribution < -0.4 is 19.7 Å². The van der Waals surface area contributed by atoms with Crippen molar-refractivity contribution in [2.24, 2.45) is 0 Å². The van der Waals surface area contributed by atoms with Gasteiger partial charge < -0.3 is 14.8 Å². The number of anilines is 1. The van der Waals surface area contributed by atoms with Gasteiger partial charge in [0.25, 0.3) is 5.91 Å². The Hall–Kier alpha value is -4.58. The van der Waals surface area contributed by atoms with Crippen LogP contribution >= 0.6 is 0 Å². The van der Waals surface area contributed by atoms with Crippen molar-refractivity contribution in [3.8, 4) is 11.5 Å². The zero-order valence-electron chi connectivity index (χ0n) is 23.0. The maximum absolute atomic E-state index is 13.6. The average Bonchev–Trinajstić information content (AvgIpc) is 3.39. The summed E-state index contributed by atoms with van der Waals surface area (Å²) in [6, 6.07) is 31.6. The summed E-state index contributed by atoms with van der Waals surface area (Å²) in [4.78, 5) is 28.6. The Morgan fingerprint density at radius 1 is 0.927 bits per heavy atom. The minimum absolute atomic E-state index is 0.0196. The quantitative estimate of drug-likeness (QED) is 0.315. The highest BCUT2D eigenvalue weighted by atomic mass is 16.5. The minimum Gasteiger partial charge on any atom is -0.485 e. The average molecular weight is 545 g/mol. The van der Waals surface area contributed by atoms with Gasteiger partial charge in [0, 0.05) is 41.6 Å². The number of nitrogens with one attached hydrogen (secondary N) is 1. The number of para-hydroxylation sites is 1. The van der Waals surface area contributed by atoms with Crippen LogP contribution in [0.5, 0.6) is 11.5 Å². The summed E-state index contributed by atoms with van der Waals surface area (Å²) < 4.78 is 12.9. The maximum atomic E-state index is 13.6. The summed E-state index contributed by atoms with van der Waals surface area (Å²) in [6.45, 7) is 2.38. The molecule has 2 aliphatic heterocycles. The summed E-state index contributed by atoms with van der Waals surface area (Å²) in [5, 5.41) is 3.19. The van der Waals surface area contributed by atoms with E-state index in [-0.39, 0.29) is 23.8 Å². The predicted octanol–water partition coefficient (Wildman–Crippen LogP) is 6.18. The van der Waals surface area contributed by atoms with Gasteiger partial charge in [0.2, 0.25) is 5.91 Å². The Morgan fingerprint density at radius 2 is 1.66 bits per heavy atom. The van der Waals surface area contributed by atoms with Gasteiger partial charge in [0.05, 0.1) is 0 Å². The Kier molecular flexibility index (Phi) is 6.26. The molecule has 4 aromatic rings. The van der Waals surface area contributed by atoms with Gasteiger partial charge in [-0.2, -0.15) is 0 Å². The molecule has 3 aliphatic rings. The van der Waals surface area contributed by atoms with Crippen molar-refractivity contribution in [2.75, 3.05) is 4.90 Å². The van der Waals surface area contributed by atoms with Crippen LogP contribution in [-0.2, 0) is 24.2 Å². The zero-order valence-corrected chi connectivity index (χ0v) is 23.0. The smallest absolute Gasteiger partial charge is 0.251 e. The Morgan fingerprint density at radius 3 is 2.44 bits per heavy atom. The van der Waals surface area contributed by atoms with Crippen LogP contribution in [0.2, 0.25) is 0 Å². The fourth-order valence-electron chi connectivity index (χ4n) is 6.66. The molecule has 2 unspecified atom stereocenters. The molecule has 0 saturated carbocycles. The number of piperidine rings is 1. The van der Waals surface area contributed by atoms with Gasteiger partial charge in [0.15, 0.2) is 17.2 Å². The van der Waals surface area contributed by atoms with Crippen molar-refractivity contribution in [3.05, 3.63) is 125 Å². The van der Waals surface area contributed by atoms with Crippen LogP contribution in [0.3, 0.4) is 0 Å². The molecule has 6 heteroatoms. The second-order valence-electron chi connectivity index (χ2n) is 11.5. The Bertz CT molecular complexity index is 1610. The summed E-state index contributed by atoms with van der Waals surface area (Å²) in [5.41, 5.74) is 4.92. The zero-order chi connectivity index (χ0) is 28.0. The lowest BCUT2D eigenvalue weighted by atomic mass is 9.80. The summed E-state index contributed by atoms with van der Waals surface area (Å²) >= 11 is 0. The van der Waals surface area contributed by atoms with E-state index in [0.717, 1.165) is 24.0 Å². The topological polar surface area (TPSA) is 67.9 Å². The van der Waals surface area contributed by atoms with Crippen LogP contribution in [0.15, 0.2) is 97.1 Å². The van der Waals surface area contributed by atoms with Gasteiger partial charge in [-0.25, -0.2) is 0 Å². The molecule has 1 aliphatic carbocycles. The molecule has 4 aromatic carbocycles. The molecule has 1 N–H and O–H groups in total. The highest BCUT2D eigenvalue weighted by molar-refractivity contribution is 6.00. The Balaban J connectivity index is 1.13. The van der Waals surface area contributed by atoms with Gasteiger partial charge in [-0.15, -0.1) is 0 Å². The molecule has 7 rings (SSSR count). The van der Waals surface area contributed by atoms with E-state index in [9.17, 15) is 9.59 Å². The molecule has 2 bridgehead atoms. The molecule has 1 fully saturated rings. The van der Waals surface area contributed by atoms with E-state index in [4.69, 9.17) is 9.47 Å². The Labute approximate surface area is 239 Å². The number of hydrogen-bond donors (Lipinski definition) is 1. The molecule has 1 saturated heterocycles. The molecule has 0 radical (unpaired) electrons. The molecule has 2 amide bonds. The number of nitrogens with zero attached hydrogens (tertiary/aromatic N) is 1.